The normalized spacial score (nSPS) is 13.6. The Hall–Kier alpha value is -2.44. The maximum atomic E-state index is 13.3. The van der Waals surface area contributed by atoms with E-state index in [-0.39, 0.29) is 24.9 Å². The SMILES string of the molecule is CCCCC/C=C\C/C=C\CCCCCCCC(CC(=O)NC(CO)C(O)CCCCCCCCCCCCCCCCC)OC(=O)CCCCCCC/C=C/C=C/C=C/CCCCCCC. The van der Waals surface area contributed by atoms with Gasteiger partial charge in [0, 0.05) is 6.42 Å². The number of allylic oxidation sites excluding steroid dienone is 10. The predicted octanol–water partition coefficient (Wildman–Crippen LogP) is 18.0. The number of amides is 1. The molecule has 3 atom stereocenters. The van der Waals surface area contributed by atoms with E-state index < -0.39 is 18.2 Å². The van der Waals surface area contributed by atoms with Crippen LogP contribution in [0.4, 0.5) is 0 Å². The molecule has 0 saturated heterocycles. The van der Waals surface area contributed by atoms with Crippen molar-refractivity contribution >= 4 is 11.9 Å². The monoisotopic (exact) mass is 938 g/mol. The molecule has 3 unspecified atom stereocenters. The summed E-state index contributed by atoms with van der Waals surface area (Å²) in [5.74, 6) is -0.503. The molecule has 0 aromatic carbocycles. The quantitative estimate of drug-likeness (QED) is 0.0244. The van der Waals surface area contributed by atoms with Gasteiger partial charge in [-0.1, -0.05) is 255 Å². The number of hydrogen-bond acceptors (Lipinski definition) is 5. The molecule has 0 bridgehead atoms. The fourth-order valence-corrected chi connectivity index (χ4v) is 8.70. The molecule has 1 amide bonds. The summed E-state index contributed by atoms with van der Waals surface area (Å²) in [4.78, 5) is 26.3. The largest absolute Gasteiger partial charge is 0.462 e. The van der Waals surface area contributed by atoms with Gasteiger partial charge in [-0.25, -0.2) is 0 Å². The highest BCUT2D eigenvalue weighted by molar-refractivity contribution is 5.77. The summed E-state index contributed by atoms with van der Waals surface area (Å²) in [6, 6.07) is -0.713. The smallest absolute Gasteiger partial charge is 0.306 e. The molecule has 67 heavy (non-hydrogen) atoms. The van der Waals surface area contributed by atoms with E-state index in [0.29, 0.717) is 19.3 Å². The van der Waals surface area contributed by atoms with E-state index in [0.717, 1.165) is 89.9 Å². The molecule has 390 valence electrons. The van der Waals surface area contributed by atoms with Gasteiger partial charge in [0.05, 0.1) is 25.2 Å². The first-order chi connectivity index (χ1) is 33.0. The molecule has 3 N–H and O–H groups in total. The highest BCUT2D eigenvalue weighted by Crippen LogP contribution is 2.18. The van der Waals surface area contributed by atoms with Crippen molar-refractivity contribution in [3.8, 4) is 0 Å². The van der Waals surface area contributed by atoms with Gasteiger partial charge in [-0.2, -0.15) is 0 Å². The topological polar surface area (TPSA) is 95.9 Å². The Morgan fingerprint density at radius 1 is 0.448 bits per heavy atom. The Morgan fingerprint density at radius 2 is 0.821 bits per heavy atom. The lowest BCUT2D eigenvalue weighted by Gasteiger charge is -2.24. The summed E-state index contributed by atoms with van der Waals surface area (Å²) in [5.41, 5.74) is 0. The highest BCUT2D eigenvalue weighted by atomic mass is 16.5. The van der Waals surface area contributed by atoms with Crippen molar-refractivity contribution in [1.82, 2.24) is 5.32 Å². The van der Waals surface area contributed by atoms with Crippen molar-refractivity contribution in [3.05, 3.63) is 60.8 Å². The molecule has 0 fully saturated rings. The molecular formula is C61H111NO5. The van der Waals surface area contributed by atoms with Crippen LogP contribution in [0.3, 0.4) is 0 Å². The third-order valence-electron chi connectivity index (χ3n) is 13.1. The molecule has 0 radical (unpaired) electrons. The van der Waals surface area contributed by atoms with Gasteiger partial charge in [-0.3, -0.25) is 9.59 Å². The molecule has 0 spiro atoms. The lowest BCUT2D eigenvalue weighted by Crippen LogP contribution is -2.46. The van der Waals surface area contributed by atoms with Crippen LogP contribution in [-0.4, -0.2) is 46.9 Å². The summed E-state index contributed by atoms with van der Waals surface area (Å²) in [6.45, 7) is 6.46. The van der Waals surface area contributed by atoms with Crippen molar-refractivity contribution < 1.29 is 24.5 Å². The fourth-order valence-electron chi connectivity index (χ4n) is 8.70. The van der Waals surface area contributed by atoms with Crippen LogP contribution in [0.5, 0.6) is 0 Å². The minimum atomic E-state index is -0.798. The van der Waals surface area contributed by atoms with Crippen molar-refractivity contribution in [2.75, 3.05) is 6.61 Å². The number of carbonyl (C=O) groups is 2. The van der Waals surface area contributed by atoms with E-state index in [4.69, 9.17) is 4.74 Å². The first-order valence-electron chi connectivity index (χ1n) is 29.0. The van der Waals surface area contributed by atoms with Crippen molar-refractivity contribution in [3.63, 3.8) is 0 Å². The second-order valence-corrected chi connectivity index (χ2v) is 19.7. The summed E-state index contributed by atoms with van der Waals surface area (Å²) < 4.78 is 5.95. The summed E-state index contributed by atoms with van der Waals surface area (Å²) in [6.07, 6.45) is 68.5. The number of aliphatic hydroxyl groups excluding tert-OH is 2. The van der Waals surface area contributed by atoms with Crippen molar-refractivity contribution in [1.29, 1.82) is 0 Å². The van der Waals surface area contributed by atoms with Crippen LogP contribution >= 0.6 is 0 Å². The van der Waals surface area contributed by atoms with Gasteiger partial charge in [0.15, 0.2) is 0 Å². The molecule has 0 aliphatic rings. The average molecular weight is 939 g/mol. The van der Waals surface area contributed by atoms with Crippen LogP contribution in [0.25, 0.3) is 0 Å². The Bertz CT molecular complexity index is 1190. The molecule has 6 nitrogen and oxygen atoms in total. The number of carbonyl (C=O) groups excluding carboxylic acids is 2. The molecule has 0 aromatic rings. The Morgan fingerprint density at radius 3 is 1.28 bits per heavy atom. The molecule has 0 aromatic heterocycles. The zero-order chi connectivity index (χ0) is 48.8. The van der Waals surface area contributed by atoms with Gasteiger partial charge >= 0.3 is 5.97 Å². The van der Waals surface area contributed by atoms with E-state index in [9.17, 15) is 19.8 Å². The third-order valence-corrected chi connectivity index (χ3v) is 13.1. The first-order valence-corrected chi connectivity index (χ1v) is 29.0. The van der Waals surface area contributed by atoms with Gasteiger partial charge < -0.3 is 20.3 Å². The van der Waals surface area contributed by atoms with Crippen LogP contribution in [0.2, 0.25) is 0 Å². The van der Waals surface area contributed by atoms with Crippen LogP contribution in [0.15, 0.2) is 60.8 Å². The number of unbranched alkanes of at least 4 members (excludes halogenated alkanes) is 32. The zero-order valence-corrected chi connectivity index (χ0v) is 44.5. The fraction of sp³-hybridized carbons (Fsp3) is 0.803. The standard InChI is InChI=1S/C61H111NO5/c1-4-7-10-13-16-19-22-25-28-29-30-33-36-39-42-45-48-51-54-61(66)67-57(52-49-46-43-40-37-34-31-26-23-20-17-14-11-8-5-2)55-60(65)62-58(56-63)59(64)53-50-47-44-41-38-35-32-27-24-21-18-15-12-9-6-3/h17,20,22,25-26,28-31,33,57-59,63-64H,4-16,18-19,21,23-24,27,32,34-56H2,1-3H3,(H,62,65)/b20-17-,25-22+,29-28+,31-26-,33-30+. The Kier molecular flexibility index (Phi) is 52.5. The van der Waals surface area contributed by atoms with E-state index in [1.165, 1.54) is 154 Å². The van der Waals surface area contributed by atoms with Crippen LogP contribution in [0.1, 0.15) is 290 Å². The highest BCUT2D eigenvalue weighted by Gasteiger charge is 2.24. The number of esters is 1. The maximum Gasteiger partial charge on any atom is 0.306 e. The van der Waals surface area contributed by atoms with Gasteiger partial charge in [-0.05, 0) is 83.5 Å². The molecule has 0 rings (SSSR count). The van der Waals surface area contributed by atoms with E-state index in [1.54, 1.807) is 0 Å². The minimum absolute atomic E-state index is 0.0594. The second-order valence-electron chi connectivity index (χ2n) is 19.7. The minimum Gasteiger partial charge on any atom is -0.462 e. The summed E-state index contributed by atoms with van der Waals surface area (Å²) in [7, 11) is 0. The Balaban J connectivity index is 4.61. The third kappa shape index (κ3) is 49.8. The van der Waals surface area contributed by atoms with Crippen molar-refractivity contribution in [2.45, 2.75) is 309 Å². The molecular weight excluding hydrogens is 827 g/mol. The van der Waals surface area contributed by atoms with Crippen molar-refractivity contribution in [2.24, 2.45) is 0 Å². The maximum absolute atomic E-state index is 13.3. The first kappa shape index (κ1) is 64.6. The zero-order valence-electron chi connectivity index (χ0n) is 44.5. The Labute approximate surface area is 416 Å². The number of aliphatic hydroxyl groups is 2. The molecule has 0 heterocycles. The summed E-state index contributed by atoms with van der Waals surface area (Å²) >= 11 is 0. The van der Waals surface area contributed by atoms with Crippen LogP contribution < -0.4 is 5.32 Å². The van der Waals surface area contributed by atoms with Gasteiger partial charge in [0.1, 0.15) is 6.10 Å². The summed E-state index contributed by atoms with van der Waals surface area (Å²) in [5, 5.41) is 23.9. The van der Waals surface area contributed by atoms with E-state index >= 15 is 0 Å². The average Bonchev–Trinajstić information content (AvgIpc) is 3.32. The molecule has 0 saturated carbocycles. The van der Waals surface area contributed by atoms with Gasteiger partial charge in [0.2, 0.25) is 5.91 Å². The van der Waals surface area contributed by atoms with Crippen LogP contribution in [-0.2, 0) is 14.3 Å². The van der Waals surface area contributed by atoms with Gasteiger partial charge in [-0.15, -0.1) is 0 Å². The van der Waals surface area contributed by atoms with E-state index in [2.05, 4.69) is 86.8 Å². The predicted molar refractivity (Wildman–Crippen MR) is 292 cm³/mol. The van der Waals surface area contributed by atoms with Crippen LogP contribution in [0, 0.1) is 0 Å². The lowest BCUT2D eigenvalue weighted by molar-refractivity contribution is -0.151. The number of ether oxygens (including phenoxy) is 1. The second kappa shape index (κ2) is 54.5. The lowest BCUT2D eigenvalue weighted by atomic mass is 10.0. The number of hydrogen-bond donors (Lipinski definition) is 3. The molecule has 0 aliphatic heterocycles. The number of rotatable bonds is 52. The molecule has 6 heteroatoms. The van der Waals surface area contributed by atoms with E-state index in [1.807, 2.05) is 0 Å². The number of nitrogens with one attached hydrogen (secondary N) is 1. The molecule has 0 aliphatic carbocycles. The van der Waals surface area contributed by atoms with Gasteiger partial charge in [0.25, 0.3) is 0 Å².